The summed E-state index contributed by atoms with van der Waals surface area (Å²) in [5, 5.41) is 1.23. The minimum atomic E-state index is 0.494. The van der Waals surface area contributed by atoms with E-state index >= 15 is 0 Å². The summed E-state index contributed by atoms with van der Waals surface area (Å²) in [5.41, 5.74) is 3.41. The molecule has 0 spiro atoms. The number of aryl methyl sites for hydroxylation is 1. The smallest absolute Gasteiger partial charge is 0.124 e. The number of rotatable bonds is 2. The van der Waals surface area contributed by atoms with Crippen LogP contribution in [0, 0.1) is 6.92 Å². The van der Waals surface area contributed by atoms with Crippen molar-refractivity contribution in [1.29, 1.82) is 0 Å². The predicted molar refractivity (Wildman–Crippen MR) is 52.8 cm³/mol. The third-order valence-corrected chi connectivity index (χ3v) is 2.27. The van der Waals surface area contributed by atoms with Gasteiger partial charge >= 0.3 is 0 Å². The van der Waals surface area contributed by atoms with E-state index in [1.165, 1.54) is 10.9 Å². The van der Waals surface area contributed by atoms with Gasteiger partial charge in [-0.25, -0.2) is 0 Å². The second-order valence-corrected chi connectivity index (χ2v) is 3.22. The van der Waals surface area contributed by atoms with E-state index < -0.39 is 0 Å². The van der Waals surface area contributed by atoms with Crippen LogP contribution in [0.1, 0.15) is 11.1 Å². The van der Waals surface area contributed by atoms with Crippen LogP contribution in [0.3, 0.4) is 0 Å². The van der Waals surface area contributed by atoms with Crippen LogP contribution in [0.15, 0.2) is 24.4 Å². The minimum Gasteiger partial charge on any atom is -0.361 e. The summed E-state index contributed by atoms with van der Waals surface area (Å²) >= 11 is 0. The normalized spacial score (nSPS) is 10.5. The van der Waals surface area contributed by atoms with Gasteiger partial charge in [-0.2, -0.15) is 0 Å². The van der Waals surface area contributed by atoms with Gasteiger partial charge in [0.15, 0.2) is 0 Å². The molecule has 1 heterocycles. The van der Waals surface area contributed by atoms with Gasteiger partial charge in [0.2, 0.25) is 0 Å². The monoisotopic (exact) mass is 173 g/mol. The fourth-order valence-corrected chi connectivity index (χ4v) is 1.54. The van der Waals surface area contributed by atoms with Gasteiger partial charge in [0, 0.05) is 23.5 Å². The third-order valence-electron chi connectivity index (χ3n) is 2.27. The maximum Gasteiger partial charge on any atom is 0.124 e. The van der Waals surface area contributed by atoms with Crippen LogP contribution in [0.5, 0.6) is 0 Å². The molecule has 66 valence electrons. The van der Waals surface area contributed by atoms with Crippen molar-refractivity contribution in [2.75, 3.05) is 0 Å². The molecule has 0 bridgehead atoms. The van der Waals surface area contributed by atoms with E-state index in [1.54, 1.807) is 0 Å². The lowest BCUT2D eigenvalue weighted by Crippen LogP contribution is -1.84. The zero-order valence-electron chi connectivity index (χ0n) is 7.50. The molecule has 0 amide bonds. The lowest BCUT2D eigenvalue weighted by molar-refractivity contribution is -0.107. The fourth-order valence-electron chi connectivity index (χ4n) is 1.54. The van der Waals surface area contributed by atoms with Gasteiger partial charge in [0.25, 0.3) is 0 Å². The maximum absolute atomic E-state index is 10.3. The topological polar surface area (TPSA) is 32.9 Å². The van der Waals surface area contributed by atoms with Crippen molar-refractivity contribution in [3.8, 4) is 0 Å². The molecule has 1 aromatic heterocycles. The molecule has 0 saturated carbocycles. The second kappa shape index (κ2) is 3.05. The highest BCUT2D eigenvalue weighted by molar-refractivity contribution is 5.83. The number of carbonyl (C=O) groups excluding carboxylic acids is 1. The molecule has 0 radical (unpaired) electrons. The Morgan fingerprint density at radius 3 is 3.08 bits per heavy atom. The van der Waals surface area contributed by atoms with Crippen molar-refractivity contribution in [2.24, 2.45) is 0 Å². The van der Waals surface area contributed by atoms with Crippen LogP contribution < -0.4 is 0 Å². The van der Waals surface area contributed by atoms with Gasteiger partial charge in [0.1, 0.15) is 6.29 Å². The average molecular weight is 173 g/mol. The van der Waals surface area contributed by atoms with Gasteiger partial charge in [-0.05, 0) is 24.1 Å². The summed E-state index contributed by atoms with van der Waals surface area (Å²) in [7, 11) is 0. The van der Waals surface area contributed by atoms with Crippen molar-refractivity contribution < 1.29 is 4.79 Å². The summed E-state index contributed by atoms with van der Waals surface area (Å²) in [6.07, 6.45) is 3.40. The number of hydrogen-bond donors (Lipinski definition) is 1. The number of aromatic nitrogens is 1. The van der Waals surface area contributed by atoms with Crippen molar-refractivity contribution in [2.45, 2.75) is 13.3 Å². The Bertz CT molecular complexity index is 442. The molecule has 2 rings (SSSR count). The number of H-pyrrole nitrogens is 1. The molecular formula is C11H11NO. The molecule has 2 heteroatoms. The standard InChI is InChI=1S/C11H11NO/c1-8-7-12-11-6-9(4-5-13)2-3-10(8)11/h2-3,5-7,12H,4H2,1H3. The van der Waals surface area contributed by atoms with E-state index in [0.29, 0.717) is 6.42 Å². The van der Waals surface area contributed by atoms with Gasteiger partial charge in [0.05, 0.1) is 0 Å². The molecule has 0 fully saturated rings. The highest BCUT2D eigenvalue weighted by Gasteiger charge is 1.99. The molecule has 0 saturated heterocycles. The van der Waals surface area contributed by atoms with Crippen molar-refractivity contribution in [3.05, 3.63) is 35.5 Å². The number of nitrogens with one attached hydrogen (secondary N) is 1. The number of carbonyl (C=O) groups is 1. The molecule has 1 aromatic carbocycles. The SMILES string of the molecule is Cc1c[nH]c2cc(CC=O)ccc12. The highest BCUT2D eigenvalue weighted by Crippen LogP contribution is 2.18. The Balaban J connectivity index is 2.56. The lowest BCUT2D eigenvalue weighted by atomic mass is 10.1. The molecule has 1 N–H and O–H groups in total. The van der Waals surface area contributed by atoms with Crippen LogP contribution in [-0.2, 0) is 11.2 Å². The van der Waals surface area contributed by atoms with Crippen molar-refractivity contribution in [1.82, 2.24) is 4.98 Å². The molecule has 13 heavy (non-hydrogen) atoms. The van der Waals surface area contributed by atoms with Gasteiger partial charge in [-0.3, -0.25) is 0 Å². The molecule has 0 aliphatic rings. The van der Waals surface area contributed by atoms with E-state index in [1.807, 2.05) is 18.3 Å². The number of fused-ring (bicyclic) bond motifs is 1. The Labute approximate surface area is 76.6 Å². The molecule has 0 aliphatic carbocycles. The van der Waals surface area contributed by atoms with Crippen LogP contribution >= 0.6 is 0 Å². The maximum atomic E-state index is 10.3. The first-order valence-corrected chi connectivity index (χ1v) is 4.31. The Morgan fingerprint density at radius 2 is 2.31 bits per heavy atom. The largest absolute Gasteiger partial charge is 0.361 e. The summed E-state index contributed by atoms with van der Waals surface area (Å²) in [6.45, 7) is 2.07. The zero-order chi connectivity index (χ0) is 9.26. The summed E-state index contributed by atoms with van der Waals surface area (Å²) in [6, 6.07) is 6.08. The van der Waals surface area contributed by atoms with Gasteiger partial charge < -0.3 is 9.78 Å². The first-order chi connectivity index (χ1) is 6.31. The van der Waals surface area contributed by atoms with Crippen molar-refractivity contribution >= 4 is 17.2 Å². The minimum absolute atomic E-state index is 0.494. The molecule has 0 unspecified atom stereocenters. The number of benzene rings is 1. The van der Waals surface area contributed by atoms with Gasteiger partial charge in [-0.15, -0.1) is 0 Å². The molecule has 2 aromatic rings. The number of aromatic amines is 1. The van der Waals surface area contributed by atoms with Gasteiger partial charge in [-0.1, -0.05) is 12.1 Å². The summed E-state index contributed by atoms with van der Waals surface area (Å²) in [5.74, 6) is 0. The quantitative estimate of drug-likeness (QED) is 0.694. The average Bonchev–Trinajstić information content (AvgIpc) is 2.48. The highest BCUT2D eigenvalue weighted by atomic mass is 16.1. The summed E-state index contributed by atoms with van der Waals surface area (Å²) in [4.78, 5) is 13.5. The summed E-state index contributed by atoms with van der Waals surface area (Å²) < 4.78 is 0. The predicted octanol–water partition coefficient (Wildman–Crippen LogP) is 2.22. The molecule has 2 nitrogen and oxygen atoms in total. The van der Waals surface area contributed by atoms with Crippen molar-refractivity contribution in [3.63, 3.8) is 0 Å². The van der Waals surface area contributed by atoms with E-state index in [4.69, 9.17) is 0 Å². The zero-order valence-corrected chi connectivity index (χ0v) is 7.50. The van der Waals surface area contributed by atoms with Crippen LogP contribution in [0.25, 0.3) is 10.9 Å². The molecule has 0 aliphatic heterocycles. The van der Waals surface area contributed by atoms with E-state index in [9.17, 15) is 4.79 Å². The van der Waals surface area contributed by atoms with E-state index in [2.05, 4.69) is 18.0 Å². The first kappa shape index (κ1) is 8.05. The number of aldehydes is 1. The lowest BCUT2D eigenvalue weighted by Gasteiger charge is -1.95. The second-order valence-electron chi connectivity index (χ2n) is 3.22. The molecular weight excluding hydrogens is 162 g/mol. The van der Waals surface area contributed by atoms with Crippen LogP contribution in [-0.4, -0.2) is 11.3 Å². The number of hydrogen-bond acceptors (Lipinski definition) is 1. The van der Waals surface area contributed by atoms with Crippen LogP contribution in [0.2, 0.25) is 0 Å². The molecule has 0 atom stereocenters. The third kappa shape index (κ3) is 1.35. The van der Waals surface area contributed by atoms with E-state index in [0.717, 1.165) is 17.4 Å². The fraction of sp³-hybridized carbons (Fsp3) is 0.182. The van der Waals surface area contributed by atoms with E-state index in [-0.39, 0.29) is 0 Å². The Kier molecular flexibility index (Phi) is 1.89. The van der Waals surface area contributed by atoms with Crippen LogP contribution in [0.4, 0.5) is 0 Å². The Morgan fingerprint density at radius 1 is 1.46 bits per heavy atom. The first-order valence-electron chi connectivity index (χ1n) is 4.31. The Hall–Kier alpha value is -1.57.